The summed E-state index contributed by atoms with van der Waals surface area (Å²) in [6, 6.07) is 4.30. The van der Waals surface area contributed by atoms with Crippen LogP contribution >= 0.6 is 0 Å². The molecule has 0 aliphatic carbocycles. The third-order valence-corrected chi connectivity index (χ3v) is 5.51. The lowest BCUT2D eigenvalue weighted by Crippen LogP contribution is -2.37. The van der Waals surface area contributed by atoms with Crippen LogP contribution < -0.4 is 15.5 Å². The normalized spacial score (nSPS) is 20.5. The van der Waals surface area contributed by atoms with Crippen molar-refractivity contribution < 1.29 is 9.47 Å². The van der Waals surface area contributed by atoms with Gasteiger partial charge in [-0.15, -0.1) is 0 Å². The van der Waals surface area contributed by atoms with E-state index in [1.54, 1.807) is 7.05 Å². The third kappa shape index (κ3) is 7.82. The second-order valence-electron chi connectivity index (χ2n) is 7.84. The molecule has 1 aromatic heterocycles. The molecule has 0 bridgehead atoms. The van der Waals surface area contributed by atoms with Crippen molar-refractivity contribution in [3.8, 4) is 0 Å². The molecule has 162 valence electrons. The molecule has 0 amide bonds. The highest BCUT2D eigenvalue weighted by atomic mass is 16.5. The van der Waals surface area contributed by atoms with Gasteiger partial charge in [-0.2, -0.15) is 0 Å². The van der Waals surface area contributed by atoms with Crippen LogP contribution in [0.3, 0.4) is 0 Å². The second-order valence-corrected chi connectivity index (χ2v) is 7.84. The summed E-state index contributed by atoms with van der Waals surface area (Å²) in [5.74, 6) is 1.90. The van der Waals surface area contributed by atoms with Crippen LogP contribution in [0, 0.1) is 0 Å². The number of pyridine rings is 1. The van der Waals surface area contributed by atoms with E-state index in [-0.39, 0.29) is 0 Å². The maximum Gasteiger partial charge on any atom is 0.191 e. The van der Waals surface area contributed by atoms with Crippen molar-refractivity contribution in [3.05, 3.63) is 23.9 Å². The lowest BCUT2D eigenvalue weighted by atomic mass is 10.2. The molecule has 1 aromatic rings. The van der Waals surface area contributed by atoms with Crippen molar-refractivity contribution in [2.75, 3.05) is 51.4 Å². The monoisotopic (exact) mass is 403 g/mol. The van der Waals surface area contributed by atoms with Gasteiger partial charge in [-0.1, -0.05) is 18.9 Å². The van der Waals surface area contributed by atoms with E-state index in [9.17, 15) is 0 Å². The van der Waals surface area contributed by atoms with Crippen LogP contribution in [0.5, 0.6) is 0 Å². The number of aromatic nitrogens is 1. The zero-order valence-corrected chi connectivity index (χ0v) is 17.9. The number of ether oxygens (including phenoxy) is 2. The first kappa shape index (κ1) is 21.8. The smallest absolute Gasteiger partial charge is 0.191 e. The summed E-state index contributed by atoms with van der Waals surface area (Å²) in [6.07, 6.45) is 10.7. The number of hydrogen-bond donors (Lipinski definition) is 2. The average Bonchev–Trinajstić information content (AvgIpc) is 3.13. The summed E-state index contributed by atoms with van der Waals surface area (Å²) in [7, 11) is 1.80. The largest absolute Gasteiger partial charge is 0.379 e. The fraction of sp³-hybridized carbons (Fsp3) is 0.727. The van der Waals surface area contributed by atoms with Crippen molar-refractivity contribution in [1.29, 1.82) is 0 Å². The topological polar surface area (TPSA) is 71.0 Å². The van der Waals surface area contributed by atoms with Crippen LogP contribution in [-0.2, 0) is 16.0 Å². The van der Waals surface area contributed by atoms with Crippen molar-refractivity contribution >= 4 is 11.8 Å². The molecule has 1 atom stereocenters. The summed E-state index contributed by atoms with van der Waals surface area (Å²) in [5.41, 5.74) is 1.16. The molecule has 2 saturated heterocycles. The van der Waals surface area contributed by atoms with Gasteiger partial charge in [0, 0.05) is 52.6 Å². The number of aliphatic imine (C=N–C) groups is 1. The molecule has 3 rings (SSSR count). The summed E-state index contributed by atoms with van der Waals surface area (Å²) < 4.78 is 11.3. The summed E-state index contributed by atoms with van der Waals surface area (Å²) in [6.45, 7) is 6.13. The van der Waals surface area contributed by atoms with Crippen LogP contribution in [-0.4, -0.2) is 63.6 Å². The van der Waals surface area contributed by atoms with Gasteiger partial charge in [0.15, 0.2) is 5.96 Å². The predicted molar refractivity (Wildman–Crippen MR) is 118 cm³/mol. The van der Waals surface area contributed by atoms with Crippen LogP contribution in [0.1, 0.15) is 50.5 Å². The van der Waals surface area contributed by atoms with Gasteiger partial charge >= 0.3 is 0 Å². The van der Waals surface area contributed by atoms with Crippen LogP contribution in [0.2, 0.25) is 0 Å². The molecule has 3 heterocycles. The van der Waals surface area contributed by atoms with Gasteiger partial charge in [0.25, 0.3) is 0 Å². The maximum atomic E-state index is 5.69. The second kappa shape index (κ2) is 12.6. The Morgan fingerprint density at radius 2 is 2.07 bits per heavy atom. The minimum Gasteiger partial charge on any atom is -0.379 e. The number of guanidine groups is 1. The first-order chi connectivity index (χ1) is 14.3. The molecule has 0 aromatic carbocycles. The molecule has 0 radical (unpaired) electrons. The Morgan fingerprint density at radius 1 is 1.21 bits per heavy atom. The summed E-state index contributed by atoms with van der Waals surface area (Å²) in [4.78, 5) is 11.4. The molecule has 2 aliphatic rings. The molecule has 0 saturated carbocycles. The quantitative estimate of drug-likeness (QED) is 0.375. The highest BCUT2D eigenvalue weighted by Gasteiger charge is 2.15. The molecule has 1 unspecified atom stereocenters. The van der Waals surface area contributed by atoms with Crippen molar-refractivity contribution in [3.63, 3.8) is 0 Å². The number of nitrogens with zero attached hydrogens (tertiary/aromatic N) is 3. The van der Waals surface area contributed by atoms with Crippen molar-refractivity contribution in [1.82, 2.24) is 15.6 Å². The zero-order chi connectivity index (χ0) is 20.2. The van der Waals surface area contributed by atoms with Crippen molar-refractivity contribution in [2.45, 2.75) is 57.6 Å². The van der Waals surface area contributed by atoms with E-state index in [1.165, 1.54) is 25.7 Å². The van der Waals surface area contributed by atoms with E-state index in [2.05, 4.69) is 37.6 Å². The van der Waals surface area contributed by atoms with Gasteiger partial charge in [-0.05, 0) is 43.7 Å². The summed E-state index contributed by atoms with van der Waals surface area (Å²) >= 11 is 0. The van der Waals surface area contributed by atoms with Crippen LogP contribution in [0.4, 0.5) is 5.82 Å². The van der Waals surface area contributed by atoms with Gasteiger partial charge in [0.1, 0.15) is 5.82 Å². The number of nitrogens with one attached hydrogen (secondary N) is 2. The molecule has 0 spiro atoms. The fourth-order valence-electron chi connectivity index (χ4n) is 3.79. The predicted octanol–water partition coefficient (Wildman–Crippen LogP) is 2.71. The van der Waals surface area contributed by atoms with E-state index in [4.69, 9.17) is 9.47 Å². The molecule has 2 aliphatic heterocycles. The standard InChI is InChI=1S/C22H37N5O2/c1-23-22(24-11-7-14-28-18-20-8-6-15-29-20)26-17-19-9-10-21(25-16-19)27-12-4-2-3-5-13-27/h9-10,16,20H,2-8,11-15,17-18H2,1H3,(H2,23,24,26). The molecular formula is C22H37N5O2. The first-order valence-electron chi connectivity index (χ1n) is 11.2. The third-order valence-electron chi connectivity index (χ3n) is 5.51. The zero-order valence-electron chi connectivity index (χ0n) is 17.9. The number of hydrogen-bond acceptors (Lipinski definition) is 5. The molecule has 29 heavy (non-hydrogen) atoms. The van der Waals surface area contributed by atoms with Gasteiger partial charge in [0.05, 0.1) is 12.7 Å². The molecule has 2 fully saturated rings. The van der Waals surface area contributed by atoms with Gasteiger partial charge in [-0.3, -0.25) is 4.99 Å². The minimum atomic E-state index is 0.303. The highest BCUT2D eigenvalue weighted by molar-refractivity contribution is 5.79. The first-order valence-corrected chi connectivity index (χ1v) is 11.2. The summed E-state index contributed by atoms with van der Waals surface area (Å²) in [5, 5.41) is 6.69. The minimum absolute atomic E-state index is 0.303. The van der Waals surface area contributed by atoms with E-state index in [0.29, 0.717) is 19.3 Å². The van der Waals surface area contributed by atoms with E-state index in [1.807, 2.05) is 6.20 Å². The van der Waals surface area contributed by atoms with E-state index in [0.717, 1.165) is 69.5 Å². The Bertz CT molecular complexity index is 594. The Morgan fingerprint density at radius 3 is 2.76 bits per heavy atom. The van der Waals surface area contributed by atoms with Gasteiger partial charge < -0.3 is 25.0 Å². The SMILES string of the molecule is CN=C(NCCCOCC1CCCO1)NCc1ccc(N2CCCCCC2)nc1. The average molecular weight is 404 g/mol. The Hall–Kier alpha value is -1.86. The lowest BCUT2D eigenvalue weighted by Gasteiger charge is -2.21. The fourth-order valence-corrected chi connectivity index (χ4v) is 3.79. The Labute approximate surface area is 175 Å². The van der Waals surface area contributed by atoms with Gasteiger partial charge in [-0.25, -0.2) is 4.98 Å². The molecule has 2 N–H and O–H groups in total. The Kier molecular flexibility index (Phi) is 9.53. The van der Waals surface area contributed by atoms with Crippen LogP contribution in [0.15, 0.2) is 23.3 Å². The van der Waals surface area contributed by atoms with E-state index >= 15 is 0 Å². The highest BCUT2D eigenvalue weighted by Crippen LogP contribution is 2.17. The molecule has 7 heteroatoms. The Balaban J connectivity index is 1.30. The van der Waals surface area contributed by atoms with E-state index < -0.39 is 0 Å². The maximum absolute atomic E-state index is 5.69. The van der Waals surface area contributed by atoms with Crippen molar-refractivity contribution in [2.24, 2.45) is 4.99 Å². The molecule has 7 nitrogen and oxygen atoms in total. The number of anilines is 1. The molecular weight excluding hydrogens is 366 g/mol. The lowest BCUT2D eigenvalue weighted by molar-refractivity contribution is 0.0168. The van der Waals surface area contributed by atoms with Gasteiger partial charge in [0.2, 0.25) is 0 Å². The number of rotatable bonds is 9. The van der Waals surface area contributed by atoms with Crippen LogP contribution in [0.25, 0.3) is 0 Å².